The highest BCUT2D eigenvalue weighted by atomic mass is 35.5. The van der Waals surface area contributed by atoms with Crippen molar-refractivity contribution in [3.63, 3.8) is 0 Å². The van der Waals surface area contributed by atoms with Crippen LogP contribution in [0.15, 0.2) is 30.3 Å². The number of carbonyl (C=O) groups excluding carboxylic acids is 3. The van der Waals surface area contributed by atoms with Crippen LogP contribution in [-0.4, -0.2) is 63.0 Å². The predicted octanol–water partition coefficient (Wildman–Crippen LogP) is 2.50. The number of alkyl halides is 2. The number of amides is 3. The van der Waals surface area contributed by atoms with Crippen LogP contribution in [0.3, 0.4) is 0 Å². The van der Waals surface area contributed by atoms with Crippen molar-refractivity contribution in [3.05, 3.63) is 45.4 Å². The molecule has 1 saturated heterocycles. The van der Waals surface area contributed by atoms with Crippen LogP contribution < -0.4 is 20.9 Å². The van der Waals surface area contributed by atoms with Gasteiger partial charge in [0.25, 0.3) is 18.2 Å². The largest absolute Gasteiger partial charge is 0.370 e. The summed E-state index contributed by atoms with van der Waals surface area (Å²) in [6.45, 7) is -0.666. The molecule has 3 amide bonds. The van der Waals surface area contributed by atoms with E-state index in [4.69, 9.17) is 16.3 Å². The molecule has 0 aliphatic carbocycles. The van der Waals surface area contributed by atoms with Crippen LogP contribution in [0.2, 0.25) is 4.34 Å². The number of thiophene rings is 1. The van der Waals surface area contributed by atoms with E-state index in [-0.39, 0.29) is 36.2 Å². The maximum Gasteiger partial charge on any atom is 0.261 e. The fraction of sp³-hybridized carbons (Fsp3) is 0.350. The normalized spacial score (nSPS) is 14.9. The molecule has 33 heavy (non-hydrogen) atoms. The van der Waals surface area contributed by atoms with Gasteiger partial charge in [-0.25, -0.2) is 13.2 Å². The number of hydrogen-bond acceptors (Lipinski definition) is 6. The van der Waals surface area contributed by atoms with Crippen LogP contribution in [0.25, 0.3) is 0 Å². The van der Waals surface area contributed by atoms with Crippen LogP contribution in [-0.2, 0) is 14.3 Å². The average molecular weight is 505 g/mol. The van der Waals surface area contributed by atoms with Gasteiger partial charge in [0.05, 0.1) is 28.1 Å². The van der Waals surface area contributed by atoms with Gasteiger partial charge in [-0.15, -0.1) is 11.3 Å². The molecule has 1 aliphatic heterocycles. The van der Waals surface area contributed by atoms with Crippen molar-refractivity contribution in [1.29, 1.82) is 0 Å². The third kappa shape index (κ3) is 6.90. The fourth-order valence-electron chi connectivity index (χ4n) is 2.99. The molecule has 8 nitrogen and oxygen atoms in total. The minimum absolute atomic E-state index is 0.110. The lowest BCUT2D eigenvalue weighted by Gasteiger charge is -2.27. The van der Waals surface area contributed by atoms with Crippen molar-refractivity contribution in [2.45, 2.75) is 12.5 Å². The lowest BCUT2D eigenvalue weighted by atomic mass is 10.2. The highest BCUT2D eigenvalue weighted by Gasteiger charge is 2.24. The van der Waals surface area contributed by atoms with Gasteiger partial charge in [-0.05, 0) is 30.3 Å². The third-order valence-electron chi connectivity index (χ3n) is 4.61. The number of rotatable bonds is 9. The Kier molecular flexibility index (Phi) is 8.67. The Morgan fingerprint density at radius 2 is 2.00 bits per heavy atom. The van der Waals surface area contributed by atoms with E-state index in [0.717, 1.165) is 17.4 Å². The maximum absolute atomic E-state index is 14.6. The van der Waals surface area contributed by atoms with E-state index >= 15 is 0 Å². The molecule has 0 bridgehead atoms. The Morgan fingerprint density at radius 1 is 1.21 bits per heavy atom. The molecule has 0 saturated carbocycles. The van der Waals surface area contributed by atoms with Gasteiger partial charge in [0.15, 0.2) is 0 Å². The predicted molar refractivity (Wildman–Crippen MR) is 118 cm³/mol. The van der Waals surface area contributed by atoms with Crippen molar-refractivity contribution in [2.24, 2.45) is 0 Å². The molecule has 178 valence electrons. The minimum atomic E-state index is -2.74. The number of nitrogens with zero attached hydrogens (tertiary/aromatic N) is 1. The van der Waals surface area contributed by atoms with Crippen LogP contribution in [0.4, 0.5) is 24.5 Å². The zero-order valence-corrected chi connectivity index (χ0v) is 18.6. The summed E-state index contributed by atoms with van der Waals surface area (Å²) in [5.41, 5.74) is 0.0951. The summed E-state index contributed by atoms with van der Waals surface area (Å²) in [6, 6.07) is 5.55. The molecule has 1 fully saturated rings. The fourth-order valence-corrected chi connectivity index (χ4v) is 3.95. The summed E-state index contributed by atoms with van der Waals surface area (Å²) in [5, 5.41) is 7.14. The molecule has 1 atom stereocenters. The first kappa shape index (κ1) is 25.0. The number of hydrogen-bond donors (Lipinski definition) is 3. The molecule has 0 radical (unpaired) electrons. The lowest BCUT2D eigenvalue weighted by molar-refractivity contribution is -0.125. The molecule has 0 spiro atoms. The first-order valence-corrected chi connectivity index (χ1v) is 11.0. The number of morpholine rings is 1. The van der Waals surface area contributed by atoms with Gasteiger partial charge < -0.3 is 20.3 Å². The minimum Gasteiger partial charge on any atom is -0.370 e. The van der Waals surface area contributed by atoms with Crippen molar-refractivity contribution >= 4 is 52.0 Å². The maximum atomic E-state index is 14.6. The SMILES string of the molecule is O=C(NC[C@H](NCC(F)F)C(=O)Nc1ccc(N2CCOCC2=O)cc1F)c1ccc(Cl)s1. The molecular weight excluding hydrogens is 485 g/mol. The smallest absolute Gasteiger partial charge is 0.261 e. The quantitative estimate of drug-likeness (QED) is 0.487. The molecule has 2 heterocycles. The highest BCUT2D eigenvalue weighted by molar-refractivity contribution is 7.18. The molecular formula is C20H20ClF3N4O4S. The Bertz CT molecular complexity index is 1020. The second-order valence-electron chi connectivity index (χ2n) is 6.92. The molecule has 2 aromatic rings. The Hall–Kier alpha value is -2.67. The van der Waals surface area contributed by atoms with Crippen LogP contribution in [0.1, 0.15) is 9.67 Å². The number of benzene rings is 1. The van der Waals surface area contributed by atoms with Crippen LogP contribution in [0, 0.1) is 5.82 Å². The summed E-state index contributed by atoms with van der Waals surface area (Å²) < 4.78 is 45.4. The highest BCUT2D eigenvalue weighted by Crippen LogP contribution is 2.24. The van der Waals surface area contributed by atoms with E-state index in [1.165, 1.54) is 29.2 Å². The van der Waals surface area contributed by atoms with Gasteiger partial charge in [0.1, 0.15) is 18.5 Å². The summed E-state index contributed by atoms with van der Waals surface area (Å²) in [4.78, 5) is 38.4. The molecule has 1 aromatic heterocycles. The second-order valence-corrected chi connectivity index (χ2v) is 8.63. The van der Waals surface area contributed by atoms with Gasteiger partial charge in [-0.1, -0.05) is 11.6 Å². The Labute approximate surface area is 196 Å². The summed E-state index contributed by atoms with van der Waals surface area (Å²) in [7, 11) is 0. The van der Waals surface area contributed by atoms with Crippen LogP contribution >= 0.6 is 22.9 Å². The number of ether oxygens (including phenoxy) is 1. The molecule has 3 N–H and O–H groups in total. The number of nitrogens with one attached hydrogen (secondary N) is 3. The number of carbonyl (C=O) groups is 3. The Balaban J connectivity index is 1.66. The monoisotopic (exact) mass is 504 g/mol. The summed E-state index contributed by atoms with van der Waals surface area (Å²) >= 11 is 6.81. The first-order valence-electron chi connectivity index (χ1n) is 9.78. The van der Waals surface area contributed by atoms with Gasteiger partial charge in [-0.3, -0.25) is 19.7 Å². The van der Waals surface area contributed by atoms with Crippen molar-refractivity contribution in [3.8, 4) is 0 Å². The van der Waals surface area contributed by atoms with Gasteiger partial charge >= 0.3 is 0 Å². The van der Waals surface area contributed by atoms with E-state index in [2.05, 4.69) is 16.0 Å². The van der Waals surface area contributed by atoms with Crippen molar-refractivity contribution in [1.82, 2.24) is 10.6 Å². The molecule has 1 aromatic carbocycles. The van der Waals surface area contributed by atoms with E-state index in [1.807, 2.05) is 0 Å². The third-order valence-corrected chi connectivity index (χ3v) is 5.84. The first-order chi connectivity index (χ1) is 15.7. The van der Waals surface area contributed by atoms with Crippen molar-refractivity contribution in [2.75, 3.05) is 43.1 Å². The van der Waals surface area contributed by atoms with E-state index in [9.17, 15) is 27.6 Å². The zero-order chi connectivity index (χ0) is 24.0. The average Bonchev–Trinajstić information content (AvgIpc) is 3.21. The second kappa shape index (κ2) is 11.5. The van der Waals surface area contributed by atoms with E-state index in [0.29, 0.717) is 16.6 Å². The van der Waals surface area contributed by atoms with Gasteiger partial charge in [0, 0.05) is 18.8 Å². The molecule has 0 unspecified atom stereocenters. The summed E-state index contributed by atoms with van der Waals surface area (Å²) in [6.07, 6.45) is -2.74. The van der Waals surface area contributed by atoms with E-state index in [1.54, 1.807) is 0 Å². The number of anilines is 2. The van der Waals surface area contributed by atoms with Gasteiger partial charge in [0.2, 0.25) is 5.91 Å². The van der Waals surface area contributed by atoms with Crippen LogP contribution in [0.5, 0.6) is 0 Å². The summed E-state index contributed by atoms with van der Waals surface area (Å²) in [5.74, 6) is -2.50. The molecule has 13 heteroatoms. The van der Waals surface area contributed by atoms with Gasteiger partial charge in [-0.2, -0.15) is 0 Å². The van der Waals surface area contributed by atoms with Crippen molar-refractivity contribution < 1.29 is 32.3 Å². The lowest BCUT2D eigenvalue weighted by Crippen LogP contribution is -2.49. The van der Waals surface area contributed by atoms with E-state index < -0.39 is 36.6 Å². The standard InChI is InChI=1S/C20H20ClF3N4O4S/c21-16-4-3-15(33-16)20(31)26-8-14(25-9-17(23)24)19(30)27-13-2-1-11(7-12(13)22)28-5-6-32-10-18(28)29/h1-4,7,14,17,25H,5-6,8-10H2,(H,26,31)(H,27,30)/t14-/m0/s1. The Morgan fingerprint density at radius 3 is 2.64 bits per heavy atom. The zero-order valence-electron chi connectivity index (χ0n) is 17.1. The topological polar surface area (TPSA) is 99.8 Å². The molecule has 1 aliphatic rings. The molecule has 3 rings (SSSR count). The number of halogens is 4.